The van der Waals surface area contributed by atoms with Crippen molar-refractivity contribution in [2.75, 3.05) is 5.73 Å². The number of carboxylic acid groups (broad SMARTS) is 1. The first-order chi connectivity index (χ1) is 6.61. The molecule has 0 fully saturated rings. The molecule has 0 aliphatic carbocycles. The van der Waals surface area contributed by atoms with Crippen LogP contribution in [0.1, 0.15) is 18.4 Å². The average molecular weight is 216 g/mol. The number of halogens is 1. The molecule has 1 rings (SSSR count). The van der Waals surface area contributed by atoms with Crippen LogP contribution in [0.3, 0.4) is 0 Å². The van der Waals surface area contributed by atoms with Gasteiger partial charge in [-0.25, -0.2) is 9.97 Å². The lowest BCUT2D eigenvalue weighted by Crippen LogP contribution is -2.02. The lowest BCUT2D eigenvalue weighted by Gasteiger charge is -2.04. The molecule has 0 atom stereocenters. The van der Waals surface area contributed by atoms with E-state index in [-0.39, 0.29) is 6.42 Å². The standard InChI is InChI=1S/C8H10ClN3O2/c9-7-5(2-1-3-6(13)14)8(10)12-4-11-7/h4H,1-3H2,(H,13,14)(H2,10,11,12). The monoisotopic (exact) mass is 215 g/mol. The van der Waals surface area contributed by atoms with Crippen LogP contribution in [0, 0.1) is 0 Å². The number of rotatable bonds is 4. The van der Waals surface area contributed by atoms with Crippen molar-refractivity contribution < 1.29 is 9.90 Å². The van der Waals surface area contributed by atoms with Gasteiger partial charge in [-0.3, -0.25) is 4.79 Å². The van der Waals surface area contributed by atoms with E-state index in [1.54, 1.807) is 0 Å². The third-order valence-electron chi connectivity index (χ3n) is 1.74. The van der Waals surface area contributed by atoms with Gasteiger partial charge in [0.15, 0.2) is 0 Å². The van der Waals surface area contributed by atoms with Crippen molar-refractivity contribution in [3.8, 4) is 0 Å². The molecule has 0 aliphatic rings. The Kier molecular flexibility index (Phi) is 3.64. The summed E-state index contributed by atoms with van der Waals surface area (Å²) < 4.78 is 0. The van der Waals surface area contributed by atoms with E-state index >= 15 is 0 Å². The quantitative estimate of drug-likeness (QED) is 0.735. The van der Waals surface area contributed by atoms with E-state index in [1.165, 1.54) is 6.33 Å². The highest BCUT2D eigenvalue weighted by atomic mass is 35.5. The summed E-state index contributed by atoms with van der Waals surface area (Å²) >= 11 is 5.77. The molecule has 0 aromatic carbocycles. The number of aliphatic carboxylic acids is 1. The van der Waals surface area contributed by atoms with E-state index in [9.17, 15) is 4.79 Å². The number of carboxylic acids is 1. The summed E-state index contributed by atoms with van der Waals surface area (Å²) in [5.41, 5.74) is 6.18. The summed E-state index contributed by atoms with van der Waals surface area (Å²) in [6.45, 7) is 0. The third-order valence-corrected chi connectivity index (χ3v) is 2.07. The fraction of sp³-hybridized carbons (Fsp3) is 0.375. The number of hydrogen-bond acceptors (Lipinski definition) is 4. The maximum absolute atomic E-state index is 10.3. The minimum atomic E-state index is -0.837. The van der Waals surface area contributed by atoms with Gasteiger partial charge in [0.05, 0.1) is 0 Å². The van der Waals surface area contributed by atoms with E-state index in [0.29, 0.717) is 29.4 Å². The largest absolute Gasteiger partial charge is 0.481 e. The smallest absolute Gasteiger partial charge is 0.303 e. The van der Waals surface area contributed by atoms with E-state index in [4.69, 9.17) is 22.4 Å². The first-order valence-corrected chi connectivity index (χ1v) is 4.45. The van der Waals surface area contributed by atoms with Gasteiger partial charge in [0.25, 0.3) is 0 Å². The Hall–Kier alpha value is -1.36. The Morgan fingerprint density at radius 2 is 2.29 bits per heavy atom. The highest BCUT2D eigenvalue weighted by Crippen LogP contribution is 2.19. The lowest BCUT2D eigenvalue weighted by molar-refractivity contribution is -0.137. The summed E-state index contributed by atoms with van der Waals surface area (Å²) in [7, 11) is 0. The molecule has 0 aliphatic heterocycles. The highest BCUT2D eigenvalue weighted by molar-refractivity contribution is 6.30. The van der Waals surface area contributed by atoms with Crippen molar-refractivity contribution in [1.82, 2.24) is 9.97 Å². The summed E-state index contributed by atoms with van der Waals surface area (Å²) in [4.78, 5) is 17.8. The molecule has 0 amide bonds. The normalized spacial score (nSPS) is 10.1. The molecule has 0 saturated heterocycles. The van der Waals surface area contributed by atoms with Crippen molar-refractivity contribution in [1.29, 1.82) is 0 Å². The molecule has 1 aromatic heterocycles. The lowest BCUT2D eigenvalue weighted by atomic mass is 10.1. The Balaban J connectivity index is 2.62. The second kappa shape index (κ2) is 4.76. The van der Waals surface area contributed by atoms with Crippen LogP contribution in [0.2, 0.25) is 5.15 Å². The Morgan fingerprint density at radius 3 is 2.86 bits per heavy atom. The molecule has 0 unspecified atom stereocenters. The molecule has 1 aromatic rings. The second-order valence-electron chi connectivity index (χ2n) is 2.78. The highest BCUT2D eigenvalue weighted by Gasteiger charge is 2.07. The Morgan fingerprint density at radius 1 is 1.57 bits per heavy atom. The molecular formula is C8H10ClN3O2. The van der Waals surface area contributed by atoms with Gasteiger partial charge in [0.2, 0.25) is 0 Å². The Labute approximate surface area is 85.9 Å². The molecule has 3 N–H and O–H groups in total. The first kappa shape index (κ1) is 10.7. The van der Waals surface area contributed by atoms with Crippen LogP contribution in [0.5, 0.6) is 0 Å². The molecule has 0 radical (unpaired) electrons. The Bertz CT molecular complexity index is 323. The van der Waals surface area contributed by atoms with Crippen LogP contribution in [-0.4, -0.2) is 21.0 Å². The second-order valence-corrected chi connectivity index (χ2v) is 3.13. The fourth-order valence-electron chi connectivity index (χ4n) is 1.05. The zero-order chi connectivity index (χ0) is 10.6. The fourth-order valence-corrected chi connectivity index (χ4v) is 1.29. The van der Waals surface area contributed by atoms with Crippen molar-refractivity contribution >= 4 is 23.4 Å². The molecular weight excluding hydrogens is 206 g/mol. The molecule has 0 spiro atoms. The van der Waals surface area contributed by atoms with Crippen molar-refractivity contribution in [2.24, 2.45) is 0 Å². The number of aromatic nitrogens is 2. The number of anilines is 1. The molecule has 1 heterocycles. The number of nitrogen functional groups attached to an aromatic ring is 1. The van der Waals surface area contributed by atoms with Gasteiger partial charge in [-0.1, -0.05) is 11.6 Å². The van der Waals surface area contributed by atoms with Crippen LogP contribution < -0.4 is 5.73 Å². The molecule has 14 heavy (non-hydrogen) atoms. The van der Waals surface area contributed by atoms with Gasteiger partial charge >= 0.3 is 5.97 Å². The minimum absolute atomic E-state index is 0.0880. The van der Waals surface area contributed by atoms with Gasteiger partial charge in [-0.05, 0) is 12.8 Å². The van der Waals surface area contributed by atoms with Crippen LogP contribution in [-0.2, 0) is 11.2 Å². The van der Waals surface area contributed by atoms with E-state index in [0.717, 1.165) is 0 Å². The van der Waals surface area contributed by atoms with Gasteiger partial charge in [0.1, 0.15) is 17.3 Å². The van der Waals surface area contributed by atoms with Crippen LogP contribution in [0.4, 0.5) is 5.82 Å². The van der Waals surface area contributed by atoms with Gasteiger partial charge < -0.3 is 10.8 Å². The third kappa shape index (κ3) is 2.85. The zero-order valence-electron chi connectivity index (χ0n) is 7.40. The minimum Gasteiger partial charge on any atom is -0.481 e. The van der Waals surface area contributed by atoms with Gasteiger partial charge in [-0.2, -0.15) is 0 Å². The van der Waals surface area contributed by atoms with E-state index in [1.807, 2.05) is 0 Å². The summed E-state index contributed by atoms with van der Waals surface area (Å²) in [5, 5.41) is 8.73. The first-order valence-electron chi connectivity index (χ1n) is 4.08. The molecule has 5 nitrogen and oxygen atoms in total. The average Bonchev–Trinajstić information content (AvgIpc) is 2.09. The summed E-state index contributed by atoms with van der Waals surface area (Å²) in [5.74, 6) is -0.521. The molecule has 76 valence electrons. The van der Waals surface area contributed by atoms with Crippen molar-refractivity contribution in [2.45, 2.75) is 19.3 Å². The molecule has 6 heteroatoms. The predicted molar refractivity (Wildman–Crippen MR) is 52.0 cm³/mol. The van der Waals surface area contributed by atoms with Gasteiger partial charge in [0, 0.05) is 12.0 Å². The number of nitrogens with zero attached hydrogens (tertiary/aromatic N) is 2. The number of nitrogens with two attached hydrogens (primary N) is 1. The van der Waals surface area contributed by atoms with E-state index < -0.39 is 5.97 Å². The van der Waals surface area contributed by atoms with Crippen LogP contribution in [0.15, 0.2) is 6.33 Å². The van der Waals surface area contributed by atoms with Crippen molar-refractivity contribution in [3.05, 3.63) is 17.0 Å². The van der Waals surface area contributed by atoms with Crippen LogP contribution >= 0.6 is 11.6 Å². The molecule has 0 bridgehead atoms. The SMILES string of the molecule is Nc1ncnc(Cl)c1CCCC(=O)O. The maximum atomic E-state index is 10.3. The summed E-state index contributed by atoms with van der Waals surface area (Å²) in [6.07, 6.45) is 2.33. The molecule has 0 saturated carbocycles. The summed E-state index contributed by atoms with van der Waals surface area (Å²) in [6, 6.07) is 0. The zero-order valence-corrected chi connectivity index (χ0v) is 8.16. The number of hydrogen-bond donors (Lipinski definition) is 2. The maximum Gasteiger partial charge on any atom is 0.303 e. The predicted octanol–water partition coefficient (Wildman–Crippen LogP) is 1.12. The van der Waals surface area contributed by atoms with E-state index in [2.05, 4.69) is 9.97 Å². The topological polar surface area (TPSA) is 89.1 Å². The van der Waals surface area contributed by atoms with Crippen LogP contribution in [0.25, 0.3) is 0 Å². The number of carbonyl (C=O) groups is 1. The van der Waals surface area contributed by atoms with Crippen molar-refractivity contribution in [3.63, 3.8) is 0 Å². The van der Waals surface area contributed by atoms with Gasteiger partial charge in [-0.15, -0.1) is 0 Å².